The Morgan fingerprint density at radius 1 is 1.07 bits per heavy atom. The lowest BCUT2D eigenvalue weighted by Gasteiger charge is -2.26. The summed E-state index contributed by atoms with van der Waals surface area (Å²) in [5.41, 5.74) is 1.13. The molecule has 0 aliphatic heterocycles. The third-order valence-corrected chi connectivity index (χ3v) is 5.19. The molecular formula is C19H21F3N2O3S. The molecule has 0 radical (unpaired) electrons. The van der Waals surface area contributed by atoms with Gasteiger partial charge in [0.05, 0.1) is 23.2 Å². The topological polar surface area (TPSA) is 66.5 Å². The van der Waals surface area contributed by atoms with E-state index in [1.807, 2.05) is 6.92 Å². The second-order valence-electron chi connectivity index (χ2n) is 6.61. The SMILES string of the molecule is Cc1cc(C)c(N(CC(=O)Nc2ccccc2C(F)(F)F)S(C)(=O)=O)c(C)c1. The predicted molar refractivity (Wildman–Crippen MR) is 103 cm³/mol. The first-order chi connectivity index (χ1) is 12.8. The van der Waals surface area contributed by atoms with E-state index in [0.29, 0.717) is 16.8 Å². The van der Waals surface area contributed by atoms with E-state index < -0.39 is 39.9 Å². The zero-order valence-corrected chi connectivity index (χ0v) is 16.7. The molecule has 5 nitrogen and oxygen atoms in total. The Bertz CT molecular complexity index is 979. The first-order valence-corrected chi connectivity index (χ1v) is 10.2. The number of hydrogen-bond acceptors (Lipinski definition) is 3. The Morgan fingerprint density at radius 2 is 1.61 bits per heavy atom. The van der Waals surface area contributed by atoms with Crippen molar-refractivity contribution in [1.29, 1.82) is 0 Å². The Hall–Kier alpha value is -2.55. The van der Waals surface area contributed by atoms with Crippen LogP contribution in [0.4, 0.5) is 24.5 Å². The fourth-order valence-corrected chi connectivity index (χ4v) is 4.06. The zero-order chi connectivity index (χ0) is 21.3. The summed E-state index contributed by atoms with van der Waals surface area (Å²) in [7, 11) is -3.85. The van der Waals surface area contributed by atoms with Gasteiger partial charge in [0.15, 0.2) is 0 Å². The van der Waals surface area contributed by atoms with E-state index in [1.165, 1.54) is 12.1 Å². The van der Waals surface area contributed by atoms with Crippen molar-refractivity contribution in [1.82, 2.24) is 0 Å². The number of carbonyl (C=O) groups is 1. The van der Waals surface area contributed by atoms with Crippen molar-refractivity contribution >= 4 is 27.3 Å². The highest BCUT2D eigenvalue weighted by Crippen LogP contribution is 2.34. The van der Waals surface area contributed by atoms with Gasteiger partial charge in [-0.05, 0) is 44.0 Å². The van der Waals surface area contributed by atoms with E-state index in [1.54, 1.807) is 26.0 Å². The highest BCUT2D eigenvalue weighted by molar-refractivity contribution is 7.92. The van der Waals surface area contributed by atoms with Crippen LogP contribution < -0.4 is 9.62 Å². The standard InChI is InChI=1S/C19H21F3N2O3S/c1-12-9-13(2)18(14(3)10-12)24(28(4,26)27)11-17(25)23-16-8-6-5-7-15(16)19(20,21)22/h5-10H,11H2,1-4H3,(H,23,25). The smallest absolute Gasteiger partial charge is 0.324 e. The van der Waals surface area contributed by atoms with Crippen LogP contribution in [0.1, 0.15) is 22.3 Å². The van der Waals surface area contributed by atoms with E-state index in [4.69, 9.17) is 0 Å². The summed E-state index contributed by atoms with van der Waals surface area (Å²) in [6.07, 6.45) is -3.70. The average molecular weight is 414 g/mol. The van der Waals surface area contributed by atoms with Gasteiger partial charge in [0.1, 0.15) is 6.54 Å². The molecule has 0 atom stereocenters. The van der Waals surface area contributed by atoms with Crippen molar-refractivity contribution in [2.45, 2.75) is 26.9 Å². The summed E-state index contributed by atoms with van der Waals surface area (Å²) in [6.45, 7) is 4.64. The number of nitrogens with one attached hydrogen (secondary N) is 1. The van der Waals surface area contributed by atoms with Gasteiger partial charge in [-0.2, -0.15) is 13.2 Å². The lowest BCUT2D eigenvalue weighted by Crippen LogP contribution is -2.38. The van der Waals surface area contributed by atoms with Gasteiger partial charge < -0.3 is 5.32 Å². The van der Waals surface area contributed by atoms with E-state index in [2.05, 4.69) is 5.32 Å². The molecule has 0 saturated heterocycles. The minimum Gasteiger partial charge on any atom is -0.324 e. The summed E-state index contributed by atoms with van der Waals surface area (Å²) in [4.78, 5) is 12.4. The number of anilines is 2. The summed E-state index contributed by atoms with van der Waals surface area (Å²) in [5, 5.41) is 2.17. The number of alkyl halides is 3. The molecule has 0 aliphatic carbocycles. The van der Waals surface area contributed by atoms with Crippen LogP contribution in [0.3, 0.4) is 0 Å². The van der Waals surface area contributed by atoms with Crippen LogP contribution in [0, 0.1) is 20.8 Å². The number of halogens is 3. The molecule has 0 heterocycles. The van der Waals surface area contributed by atoms with Gasteiger partial charge in [-0.25, -0.2) is 8.42 Å². The maximum atomic E-state index is 13.1. The van der Waals surface area contributed by atoms with Crippen LogP contribution in [0.2, 0.25) is 0 Å². The zero-order valence-electron chi connectivity index (χ0n) is 15.9. The molecular weight excluding hydrogens is 393 g/mol. The number of amides is 1. The molecule has 28 heavy (non-hydrogen) atoms. The summed E-state index contributed by atoms with van der Waals surface area (Å²) in [5.74, 6) is -0.874. The van der Waals surface area contributed by atoms with E-state index in [9.17, 15) is 26.4 Å². The average Bonchev–Trinajstić information content (AvgIpc) is 2.51. The van der Waals surface area contributed by atoms with Gasteiger partial charge in [0.2, 0.25) is 15.9 Å². The fraction of sp³-hybridized carbons (Fsp3) is 0.316. The molecule has 0 saturated carbocycles. The molecule has 2 aromatic rings. The first kappa shape index (κ1) is 21.7. The number of benzene rings is 2. The molecule has 0 fully saturated rings. The third-order valence-electron chi connectivity index (χ3n) is 4.08. The number of sulfonamides is 1. The summed E-state index contributed by atoms with van der Waals surface area (Å²) >= 11 is 0. The molecule has 152 valence electrons. The van der Waals surface area contributed by atoms with Gasteiger partial charge in [-0.3, -0.25) is 9.10 Å². The van der Waals surface area contributed by atoms with E-state index >= 15 is 0 Å². The Labute approximate surface area is 162 Å². The number of hydrogen-bond donors (Lipinski definition) is 1. The molecule has 1 N–H and O–H groups in total. The lowest BCUT2D eigenvalue weighted by atomic mass is 10.1. The second-order valence-corrected chi connectivity index (χ2v) is 8.52. The number of carbonyl (C=O) groups excluding carboxylic acids is 1. The van der Waals surface area contributed by atoms with Gasteiger partial charge in [-0.15, -0.1) is 0 Å². The van der Waals surface area contributed by atoms with Gasteiger partial charge in [-0.1, -0.05) is 29.8 Å². The van der Waals surface area contributed by atoms with Crippen molar-refractivity contribution in [2.75, 3.05) is 22.4 Å². The molecule has 9 heteroatoms. The van der Waals surface area contributed by atoms with Crippen LogP contribution in [0.5, 0.6) is 0 Å². The van der Waals surface area contributed by atoms with Gasteiger partial charge in [0, 0.05) is 0 Å². The van der Waals surface area contributed by atoms with Crippen LogP contribution in [-0.2, 0) is 21.0 Å². The molecule has 2 aromatic carbocycles. The van der Waals surface area contributed by atoms with Gasteiger partial charge in [0.25, 0.3) is 0 Å². The molecule has 0 bridgehead atoms. The number of rotatable bonds is 5. The van der Waals surface area contributed by atoms with Crippen LogP contribution in [0.25, 0.3) is 0 Å². The largest absolute Gasteiger partial charge is 0.418 e. The van der Waals surface area contributed by atoms with Crippen molar-refractivity contribution in [3.05, 3.63) is 58.7 Å². The highest BCUT2D eigenvalue weighted by Gasteiger charge is 2.34. The quantitative estimate of drug-likeness (QED) is 0.803. The summed E-state index contributed by atoms with van der Waals surface area (Å²) < 4.78 is 64.8. The lowest BCUT2D eigenvalue weighted by molar-refractivity contribution is -0.137. The van der Waals surface area contributed by atoms with E-state index in [-0.39, 0.29) is 0 Å². The second kappa shape index (κ2) is 7.83. The Balaban J connectivity index is 2.38. The number of para-hydroxylation sites is 1. The summed E-state index contributed by atoms with van der Waals surface area (Å²) in [6, 6.07) is 8.08. The van der Waals surface area contributed by atoms with Gasteiger partial charge >= 0.3 is 6.18 Å². The molecule has 2 rings (SSSR count). The number of nitrogens with zero attached hydrogens (tertiary/aromatic N) is 1. The highest BCUT2D eigenvalue weighted by atomic mass is 32.2. The predicted octanol–water partition coefficient (Wildman–Crippen LogP) is 4.04. The van der Waals surface area contributed by atoms with Crippen LogP contribution in [0.15, 0.2) is 36.4 Å². The molecule has 1 amide bonds. The van der Waals surface area contributed by atoms with Crippen molar-refractivity contribution < 1.29 is 26.4 Å². The fourth-order valence-electron chi connectivity index (χ4n) is 3.09. The first-order valence-electron chi connectivity index (χ1n) is 8.32. The number of aryl methyl sites for hydroxylation is 3. The third kappa shape index (κ3) is 5.03. The van der Waals surface area contributed by atoms with Crippen molar-refractivity contribution in [3.63, 3.8) is 0 Å². The van der Waals surface area contributed by atoms with Crippen molar-refractivity contribution in [3.8, 4) is 0 Å². The van der Waals surface area contributed by atoms with E-state index in [0.717, 1.165) is 28.3 Å². The molecule has 0 aromatic heterocycles. The minimum atomic E-state index is -4.65. The molecule has 0 spiro atoms. The molecule has 0 aliphatic rings. The molecule has 0 unspecified atom stereocenters. The van der Waals surface area contributed by atoms with Crippen LogP contribution >= 0.6 is 0 Å². The Kier molecular flexibility index (Phi) is 6.08. The maximum Gasteiger partial charge on any atom is 0.418 e. The normalized spacial score (nSPS) is 12.0. The maximum absolute atomic E-state index is 13.1. The van der Waals surface area contributed by atoms with Crippen molar-refractivity contribution in [2.24, 2.45) is 0 Å². The monoisotopic (exact) mass is 414 g/mol. The Morgan fingerprint density at radius 3 is 2.11 bits per heavy atom. The minimum absolute atomic E-state index is 0.340. The van der Waals surface area contributed by atoms with Crippen LogP contribution in [-0.4, -0.2) is 27.1 Å².